The van der Waals surface area contributed by atoms with Gasteiger partial charge in [-0.15, -0.1) is 0 Å². The quantitative estimate of drug-likeness (QED) is 0.847. The van der Waals surface area contributed by atoms with E-state index in [1.807, 2.05) is 6.20 Å². The first-order chi connectivity index (χ1) is 8.10. The van der Waals surface area contributed by atoms with Gasteiger partial charge in [0.2, 0.25) is 0 Å². The Morgan fingerprint density at radius 3 is 2.88 bits per heavy atom. The minimum absolute atomic E-state index is 0.419. The van der Waals surface area contributed by atoms with Crippen LogP contribution < -0.4 is 5.73 Å². The van der Waals surface area contributed by atoms with Crippen molar-refractivity contribution in [3.05, 3.63) is 23.3 Å². The zero-order chi connectivity index (χ0) is 12.0. The molecule has 0 amide bonds. The Balaban J connectivity index is 1.84. The second-order valence-corrected chi connectivity index (χ2v) is 6.29. The molecular formula is C14H21N3. The maximum absolute atomic E-state index is 5.74. The van der Waals surface area contributed by atoms with Crippen molar-refractivity contribution in [2.24, 2.45) is 17.1 Å². The van der Waals surface area contributed by atoms with Crippen molar-refractivity contribution >= 4 is 0 Å². The molecule has 0 spiro atoms. The Kier molecular flexibility index (Phi) is 2.47. The Morgan fingerprint density at radius 2 is 2.24 bits per heavy atom. The number of hydrogen-bond acceptors (Lipinski definition) is 3. The normalized spacial score (nSPS) is 29.8. The van der Waals surface area contributed by atoms with E-state index in [4.69, 9.17) is 10.7 Å². The summed E-state index contributed by atoms with van der Waals surface area (Å²) in [5, 5.41) is 0. The van der Waals surface area contributed by atoms with Gasteiger partial charge in [0.1, 0.15) is 5.82 Å². The predicted octanol–water partition coefficient (Wildman–Crippen LogP) is 2.05. The summed E-state index contributed by atoms with van der Waals surface area (Å²) >= 11 is 0. The van der Waals surface area contributed by atoms with Gasteiger partial charge in [-0.2, -0.15) is 0 Å². The number of nitrogens with two attached hydrogens (primary N) is 1. The second kappa shape index (κ2) is 3.77. The molecule has 1 aromatic heterocycles. The minimum atomic E-state index is 0.419. The number of rotatable bonds is 2. The van der Waals surface area contributed by atoms with Crippen molar-refractivity contribution in [1.82, 2.24) is 9.97 Å². The van der Waals surface area contributed by atoms with Gasteiger partial charge in [0.05, 0.1) is 0 Å². The Labute approximate surface area is 103 Å². The molecule has 1 saturated carbocycles. The fraction of sp³-hybridized carbons (Fsp3) is 0.714. The summed E-state index contributed by atoms with van der Waals surface area (Å²) in [6.45, 7) is 5.38. The van der Waals surface area contributed by atoms with Crippen LogP contribution >= 0.6 is 0 Å². The molecule has 0 aromatic carbocycles. The largest absolute Gasteiger partial charge is 0.330 e. The van der Waals surface area contributed by atoms with Gasteiger partial charge in [0.15, 0.2) is 0 Å². The van der Waals surface area contributed by atoms with E-state index in [1.54, 1.807) is 0 Å². The van der Waals surface area contributed by atoms with Crippen molar-refractivity contribution in [3.63, 3.8) is 0 Å². The van der Waals surface area contributed by atoms with Crippen molar-refractivity contribution in [2.45, 2.75) is 45.4 Å². The van der Waals surface area contributed by atoms with Crippen LogP contribution in [0.1, 0.15) is 49.7 Å². The molecule has 1 heterocycles. The average Bonchev–Trinajstić information content (AvgIpc) is 2.97. The third-order valence-electron chi connectivity index (χ3n) is 4.43. The molecular weight excluding hydrogens is 210 g/mol. The summed E-state index contributed by atoms with van der Waals surface area (Å²) in [5.41, 5.74) is 8.77. The van der Waals surface area contributed by atoms with Gasteiger partial charge in [0.25, 0.3) is 0 Å². The first-order valence-corrected chi connectivity index (χ1v) is 6.65. The van der Waals surface area contributed by atoms with Crippen molar-refractivity contribution in [3.8, 4) is 0 Å². The van der Waals surface area contributed by atoms with Crippen LogP contribution in [0.15, 0.2) is 6.20 Å². The van der Waals surface area contributed by atoms with E-state index in [0.29, 0.717) is 17.3 Å². The Morgan fingerprint density at radius 1 is 1.47 bits per heavy atom. The Hall–Kier alpha value is -0.960. The summed E-state index contributed by atoms with van der Waals surface area (Å²) < 4.78 is 0. The lowest BCUT2D eigenvalue weighted by molar-refractivity contribution is 0.459. The zero-order valence-electron chi connectivity index (χ0n) is 10.7. The second-order valence-electron chi connectivity index (χ2n) is 6.29. The number of aryl methyl sites for hydroxylation is 1. The van der Waals surface area contributed by atoms with Gasteiger partial charge in [-0.3, -0.25) is 0 Å². The molecule has 1 fully saturated rings. The maximum Gasteiger partial charge on any atom is 0.132 e. The molecule has 0 bridgehead atoms. The molecule has 3 heteroatoms. The van der Waals surface area contributed by atoms with Crippen molar-refractivity contribution in [2.75, 3.05) is 6.54 Å². The van der Waals surface area contributed by atoms with Crippen LogP contribution in [-0.4, -0.2) is 16.5 Å². The van der Waals surface area contributed by atoms with E-state index >= 15 is 0 Å². The average molecular weight is 231 g/mol. The molecule has 0 saturated heterocycles. The van der Waals surface area contributed by atoms with Crippen LogP contribution in [0.25, 0.3) is 0 Å². The summed E-state index contributed by atoms with van der Waals surface area (Å²) in [6.07, 6.45) is 6.62. The van der Waals surface area contributed by atoms with Crippen molar-refractivity contribution in [1.29, 1.82) is 0 Å². The monoisotopic (exact) mass is 231 g/mol. The van der Waals surface area contributed by atoms with Crippen LogP contribution in [0, 0.1) is 11.3 Å². The van der Waals surface area contributed by atoms with Gasteiger partial charge in [-0.1, -0.05) is 13.8 Å². The SMILES string of the molecule is CC1(C)CC1c1ncc2c(n1)CCC(CN)C2. The van der Waals surface area contributed by atoms with Crippen LogP contribution in [-0.2, 0) is 12.8 Å². The molecule has 2 aliphatic rings. The lowest BCUT2D eigenvalue weighted by atomic mass is 9.87. The summed E-state index contributed by atoms with van der Waals surface area (Å²) in [6, 6.07) is 0. The smallest absolute Gasteiger partial charge is 0.132 e. The Bertz CT molecular complexity index is 439. The topological polar surface area (TPSA) is 51.8 Å². The molecule has 2 atom stereocenters. The lowest BCUT2D eigenvalue weighted by Crippen LogP contribution is -2.23. The minimum Gasteiger partial charge on any atom is -0.330 e. The van der Waals surface area contributed by atoms with E-state index in [0.717, 1.165) is 25.2 Å². The molecule has 0 aliphatic heterocycles. The number of hydrogen-bond donors (Lipinski definition) is 1. The maximum atomic E-state index is 5.74. The third-order valence-corrected chi connectivity index (χ3v) is 4.43. The fourth-order valence-electron chi connectivity index (χ4n) is 2.88. The van der Waals surface area contributed by atoms with E-state index in [2.05, 4.69) is 18.8 Å². The molecule has 3 nitrogen and oxygen atoms in total. The molecule has 2 N–H and O–H groups in total. The van der Waals surface area contributed by atoms with Crippen LogP contribution in [0.4, 0.5) is 0 Å². The molecule has 92 valence electrons. The highest BCUT2D eigenvalue weighted by Gasteiger charge is 2.48. The lowest BCUT2D eigenvalue weighted by Gasteiger charge is -2.22. The number of fused-ring (bicyclic) bond motifs is 1. The zero-order valence-corrected chi connectivity index (χ0v) is 10.7. The van der Waals surface area contributed by atoms with Gasteiger partial charge >= 0.3 is 0 Å². The summed E-state index contributed by atoms with van der Waals surface area (Å²) in [5.74, 6) is 2.29. The van der Waals surface area contributed by atoms with E-state index in [9.17, 15) is 0 Å². The van der Waals surface area contributed by atoms with Gasteiger partial charge in [0, 0.05) is 17.8 Å². The van der Waals surface area contributed by atoms with Crippen molar-refractivity contribution < 1.29 is 0 Å². The standard InChI is InChI=1S/C14H21N3/c1-14(2)6-11(14)13-16-8-10-5-9(7-15)3-4-12(10)17-13/h8-9,11H,3-7,15H2,1-2H3. The number of aromatic nitrogens is 2. The first-order valence-electron chi connectivity index (χ1n) is 6.65. The molecule has 17 heavy (non-hydrogen) atoms. The number of nitrogens with zero attached hydrogens (tertiary/aromatic N) is 2. The van der Waals surface area contributed by atoms with E-state index < -0.39 is 0 Å². The van der Waals surface area contributed by atoms with E-state index in [-0.39, 0.29) is 0 Å². The summed E-state index contributed by atoms with van der Waals surface area (Å²) in [4.78, 5) is 9.35. The third kappa shape index (κ3) is 1.97. The predicted molar refractivity (Wildman–Crippen MR) is 67.7 cm³/mol. The summed E-state index contributed by atoms with van der Waals surface area (Å²) in [7, 11) is 0. The van der Waals surface area contributed by atoms with Crippen LogP contribution in [0.3, 0.4) is 0 Å². The fourth-order valence-corrected chi connectivity index (χ4v) is 2.88. The molecule has 0 radical (unpaired) electrons. The van der Waals surface area contributed by atoms with Gasteiger partial charge < -0.3 is 5.73 Å². The molecule has 2 unspecified atom stereocenters. The van der Waals surface area contributed by atoms with Gasteiger partial charge in [-0.25, -0.2) is 9.97 Å². The van der Waals surface area contributed by atoms with E-state index in [1.165, 1.54) is 24.1 Å². The molecule has 2 aliphatic carbocycles. The van der Waals surface area contributed by atoms with Crippen LogP contribution in [0.2, 0.25) is 0 Å². The highest BCUT2D eigenvalue weighted by atomic mass is 14.9. The first kappa shape index (κ1) is 11.1. The van der Waals surface area contributed by atoms with Crippen LogP contribution in [0.5, 0.6) is 0 Å². The highest BCUT2D eigenvalue weighted by molar-refractivity contribution is 5.25. The molecule has 1 aromatic rings. The highest BCUT2D eigenvalue weighted by Crippen LogP contribution is 2.57. The molecule has 3 rings (SSSR count). The van der Waals surface area contributed by atoms with Gasteiger partial charge in [-0.05, 0) is 49.1 Å².